The summed E-state index contributed by atoms with van der Waals surface area (Å²) in [6.45, 7) is -0.0789. The van der Waals surface area contributed by atoms with Crippen molar-refractivity contribution in [3.05, 3.63) is 97.8 Å². The second-order valence-electron chi connectivity index (χ2n) is 6.66. The van der Waals surface area contributed by atoms with Crippen LogP contribution in [0.5, 0.6) is 5.75 Å². The number of carbonyl (C=O) groups is 1. The molecule has 0 N–H and O–H groups in total. The lowest BCUT2D eigenvalue weighted by Crippen LogP contribution is -2.27. The molecule has 3 aromatic carbocycles. The second-order valence-corrected chi connectivity index (χ2v) is 9.66. The first-order valence-electron chi connectivity index (χ1n) is 9.22. The standard InChI is InChI=1S/C23H13BrClF2NO2S2/c24-14-4-9-20(30-12-17-18(25)2-1-3-19(17)27)13(10-14)11-21-22(29)28(23(31)32-21)16-7-5-15(26)6-8-16/h1-11H,12H2/b21-11+. The Hall–Kier alpha value is -2.26. The first kappa shape index (κ1) is 22.9. The Labute approximate surface area is 206 Å². The van der Waals surface area contributed by atoms with E-state index in [1.165, 1.54) is 41.3 Å². The highest BCUT2D eigenvalue weighted by Crippen LogP contribution is 2.38. The first-order chi connectivity index (χ1) is 15.3. The topological polar surface area (TPSA) is 29.5 Å². The van der Waals surface area contributed by atoms with Crippen LogP contribution in [0.2, 0.25) is 5.02 Å². The van der Waals surface area contributed by atoms with E-state index in [0.29, 0.717) is 26.2 Å². The summed E-state index contributed by atoms with van der Waals surface area (Å²) >= 11 is 16.0. The molecule has 0 unspecified atom stereocenters. The van der Waals surface area contributed by atoms with Crippen LogP contribution in [0.15, 0.2) is 70.0 Å². The van der Waals surface area contributed by atoms with Crippen molar-refractivity contribution < 1.29 is 18.3 Å². The van der Waals surface area contributed by atoms with Gasteiger partial charge in [0.1, 0.15) is 24.0 Å². The fraction of sp³-hybridized carbons (Fsp3) is 0.0435. The van der Waals surface area contributed by atoms with Crippen LogP contribution >= 0.6 is 51.5 Å². The van der Waals surface area contributed by atoms with Crippen LogP contribution in [0.3, 0.4) is 0 Å². The number of benzene rings is 3. The first-order valence-corrected chi connectivity index (χ1v) is 11.6. The number of hydrogen-bond acceptors (Lipinski definition) is 4. The zero-order chi connectivity index (χ0) is 22.8. The van der Waals surface area contributed by atoms with Gasteiger partial charge in [-0.2, -0.15) is 0 Å². The third kappa shape index (κ3) is 4.88. The van der Waals surface area contributed by atoms with E-state index < -0.39 is 11.6 Å². The maximum atomic E-state index is 14.1. The van der Waals surface area contributed by atoms with Crippen LogP contribution < -0.4 is 9.64 Å². The van der Waals surface area contributed by atoms with E-state index in [0.717, 1.165) is 16.2 Å². The summed E-state index contributed by atoms with van der Waals surface area (Å²) in [6.07, 6.45) is 1.66. The molecule has 0 spiro atoms. The maximum Gasteiger partial charge on any atom is 0.270 e. The van der Waals surface area contributed by atoms with Gasteiger partial charge >= 0.3 is 0 Å². The number of thiocarbonyl (C=S) groups is 1. The van der Waals surface area contributed by atoms with Crippen LogP contribution in [0.25, 0.3) is 6.08 Å². The van der Waals surface area contributed by atoms with Crippen molar-refractivity contribution in [1.29, 1.82) is 0 Å². The van der Waals surface area contributed by atoms with Gasteiger partial charge in [0.05, 0.1) is 15.6 Å². The molecule has 32 heavy (non-hydrogen) atoms. The highest BCUT2D eigenvalue weighted by atomic mass is 79.9. The molecule has 1 amide bonds. The highest BCUT2D eigenvalue weighted by Gasteiger charge is 2.33. The van der Waals surface area contributed by atoms with E-state index in [-0.39, 0.29) is 23.1 Å². The average molecular weight is 553 g/mol. The summed E-state index contributed by atoms with van der Waals surface area (Å²) in [5, 5.41) is 0.267. The van der Waals surface area contributed by atoms with E-state index in [1.54, 1.807) is 30.3 Å². The van der Waals surface area contributed by atoms with Gasteiger partial charge in [-0.15, -0.1) is 0 Å². The van der Waals surface area contributed by atoms with Crippen LogP contribution in [0.4, 0.5) is 14.5 Å². The number of amides is 1. The van der Waals surface area contributed by atoms with E-state index >= 15 is 0 Å². The summed E-state index contributed by atoms with van der Waals surface area (Å²) in [6, 6.07) is 15.2. The average Bonchev–Trinajstić information content (AvgIpc) is 3.03. The number of ether oxygens (including phenoxy) is 1. The van der Waals surface area contributed by atoms with Crippen molar-refractivity contribution in [2.75, 3.05) is 4.90 Å². The van der Waals surface area contributed by atoms with Crippen LogP contribution in [0.1, 0.15) is 11.1 Å². The molecule has 9 heteroatoms. The van der Waals surface area contributed by atoms with E-state index in [1.807, 2.05) is 0 Å². The minimum absolute atomic E-state index is 0.0789. The molecule has 1 aliphatic rings. The normalized spacial score (nSPS) is 15.0. The molecule has 0 aromatic heterocycles. The quantitative estimate of drug-likeness (QED) is 0.244. The number of halogens is 4. The van der Waals surface area contributed by atoms with Crippen LogP contribution in [0, 0.1) is 11.6 Å². The molecule has 1 heterocycles. The van der Waals surface area contributed by atoms with Gasteiger partial charge in [-0.3, -0.25) is 9.69 Å². The molecule has 4 rings (SSSR count). The van der Waals surface area contributed by atoms with E-state index in [2.05, 4.69) is 15.9 Å². The Morgan fingerprint density at radius 3 is 2.59 bits per heavy atom. The second kappa shape index (κ2) is 9.70. The predicted molar refractivity (Wildman–Crippen MR) is 132 cm³/mol. The van der Waals surface area contributed by atoms with Crippen LogP contribution in [-0.4, -0.2) is 10.2 Å². The number of nitrogens with zero attached hydrogens (tertiary/aromatic N) is 1. The van der Waals surface area contributed by atoms with Crippen molar-refractivity contribution >= 4 is 73.5 Å². The van der Waals surface area contributed by atoms with Crippen molar-refractivity contribution in [3.63, 3.8) is 0 Å². The number of hydrogen-bond donors (Lipinski definition) is 0. The van der Waals surface area contributed by atoms with Gasteiger partial charge in [-0.25, -0.2) is 8.78 Å². The summed E-state index contributed by atoms with van der Waals surface area (Å²) in [5.74, 6) is -0.744. The molecule has 1 saturated heterocycles. The number of rotatable bonds is 5. The zero-order valence-electron chi connectivity index (χ0n) is 16.2. The Balaban J connectivity index is 1.62. The predicted octanol–water partition coefficient (Wildman–Crippen LogP) is 7.37. The molecule has 3 aromatic rings. The fourth-order valence-electron chi connectivity index (χ4n) is 3.01. The molecular formula is C23H13BrClF2NO2S2. The van der Waals surface area contributed by atoms with Crippen molar-refractivity contribution in [2.45, 2.75) is 6.61 Å². The van der Waals surface area contributed by atoms with Crippen molar-refractivity contribution in [2.24, 2.45) is 0 Å². The van der Waals surface area contributed by atoms with E-state index in [4.69, 9.17) is 28.6 Å². The molecule has 0 bridgehead atoms. The number of anilines is 1. The number of carbonyl (C=O) groups excluding carboxylic acids is 1. The third-order valence-electron chi connectivity index (χ3n) is 4.57. The lowest BCUT2D eigenvalue weighted by atomic mass is 10.1. The van der Waals surface area contributed by atoms with Gasteiger partial charge < -0.3 is 4.74 Å². The molecule has 0 atom stereocenters. The maximum absolute atomic E-state index is 14.1. The lowest BCUT2D eigenvalue weighted by Gasteiger charge is -2.14. The minimum Gasteiger partial charge on any atom is -0.488 e. The highest BCUT2D eigenvalue weighted by molar-refractivity contribution is 9.10. The Bertz CT molecular complexity index is 1230. The lowest BCUT2D eigenvalue weighted by molar-refractivity contribution is -0.113. The fourth-order valence-corrected chi connectivity index (χ4v) is 4.89. The molecule has 0 radical (unpaired) electrons. The van der Waals surface area contributed by atoms with E-state index in [9.17, 15) is 13.6 Å². The van der Waals surface area contributed by atoms with Gasteiger partial charge in [0, 0.05) is 15.6 Å². The molecule has 0 aliphatic carbocycles. The SMILES string of the molecule is O=C1/C(=C\c2cc(Br)ccc2OCc2c(F)cccc2Cl)SC(=S)N1c1ccc(F)cc1. The monoisotopic (exact) mass is 551 g/mol. The third-order valence-corrected chi connectivity index (χ3v) is 6.72. The summed E-state index contributed by atoms with van der Waals surface area (Å²) in [4.78, 5) is 14.7. The molecule has 1 fully saturated rings. The Kier molecular flexibility index (Phi) is 6.95. The largest absolute Gasteiger partial charge is 0.488 e. The zero-order valence-corrected chi connectivity index (χ0v) is 20.1. The number of thioether (sulfide) groups is 1. The van der Waals surface area contributed by atoms with Gasteiger partial charge in [-0.1, -0.05) is 57.6 Å². The van der Waals surface area contributed by atoms with Gasteiger partial charge in [0.15, 0.2) is 4.32 Å². The summed E-state index contributed by atoms with van der Waals surface area (Å²) < 4.78 is 34.3. The minimum atomic E-state index is -0.462. The Morgan fingerprint density at radius 1 is 1.12 bits per heavy atom. The molecular weight excluding hydrogens is 540 g/mol. The molecule has 0 saturated carbocycles. The van der Waals surface area contributed by atoms with Crippen molar-refractivity contribution in [3.8, 4) is 5.75 Å². The molecule has 1 aliphatic heterocycles. The van der Waals surface area contributed by atoms with Gasteiger partial charge in [0.2, 0.25) is 0 Å². The summed E-state index contributed by atoms with van der Waals surface area (Å²) in [5.41, 5.74) is 1.33. The molecule has 162 valence electrons. The smallest absolute Gasteiger partial charge is 0.270 e. The molecule has 3 nitrogen and oxygen atoms in total. The van der Waals surface area contributed by atoms with Gasteiger partial charge in [-0.05, 0) is 60.7 Å². The van der Waals surface area contributed by atoms with Crippen molar-refractivity contribution in [1.82, 2.24) is 0 Å². The van der Waals surface area contributed by atoms with Gasteiger partial charge in [0.25, 0.3) is 5.91 Å². The Morgan fingerprint density at radius 2 is 1.88 bits per heavy atom. The summed E-state index contributed by atoms with van der Waals surface area (Å²) in [7, 11) is 0. The van der Waals surface area contributed by atoms with Crippen LogP contribution in [-0.2, 0) is 11.4 Å².